The molecule has 0 saturated heterocycles. The van der Waals surface area contributed by atoms with Gasteiger partial charge in [0.15, 0.2) is 5.82 Å². The van der Waals surface area contributed by atoms with Crippen molar-refractivity contribution in [2.45, 2.75) is 18.2 Å². The van der Waals surface area contributed by atoms with Crippen molar-refractivity contribution in [2.24, 2.45) is 5.73 Å². The van der Waals surface area contributed by atoms with Crippen LogP contribution in [0.15, 0.2) is 22.0 Å². The Morgan fingerprint density at radius 2 is 2.47 bits per heavy atom. The van der Waals surface area contributed by atoms with Gasteiger partial charge in [-0.1, -0.05) is 11.2 Å². The standard InChI is InChI=1S/C11H13N3O3S2/c12-7(11(15)16)3-5-18-6-9-13-10(17-14-9)8-2-1-4-19-8/h1-2,4,7H,3,5-6,12H2,(H,15,16). The van der Waals surface area contributed by atoms with Gasteiger partial charge in [0, 0.05) is 0 Å². The van der Waals surface area contributed by atoms with Crippen LogP contribution >= 0.6 is 23.1 Å². The number of nitrogens with zero attached hydrogens (tertiary/aromatic N) is 2. The summed E-state index contributed by atoms with van der Waals surface area (Å²) in [7, 11) is 0. The lowest BCUT2D eigenvalue weighted by atomic mass is 10.2. The highest BCUT2D eigenvalue weighted by Crippen LogP contribution is 2.23. The second-order valence-electron chi connectivity index (χ2n) is 3.78. The first-order chi connectivity index (χ1) is 9.16. The molecular formula is C11H13N3O3S2. The Hall–Kier alpha value is -1.38. The first-order valence-corrected chi connectivity index (χ1v) is 7.63. The third kappa shape index (κ3) is 4.05. The van der Waals surface area contributed by atoms with Gasteiger partial charge in [0.25, 0.3) is 5.89 Å². The lowest BCUT2D eigenvalue weighted by Crippen LogP contribution is -2.30. The van der Waals surface area contributed by atoms with Crippen molar-refractivity contribution < 1.29 is 14.4 Å². The largest absolute Gasteiger partial charge is 0.480 e. The van der Waals surface area contributed by atoms with Gasteiger partial charge in [0.1, 0.15) is 6.04 Å². The zero-order valence-corrected chi connectivity index (χ0v) is 11.6. The average Bonchev–Trinajstić information content (AvgIpc) is 3.04. The molecule has 2 heterocycles. The molecule has 19 heavy (non-hydrogen) atoms. The quantitative estimate of drug-likeness (QED) is 0.752. The zero-order chi connectivity index (χ0) is 13.7. The molecule has 0 bridgehead atoms. The summed E-state index contributed by atoms with van der Waals surface area (Å²) in [5, 5.41) is 14.5. The van der Waals surface area contributed by atoms with E-state index in [1.54, 1.807) is 0 Å². The van der Waals surface area contributed by atoms with E-state index in [2.05, 4.69) is 10.1 Å². The van der Waals surface area contributed by atoms with Crippen LogP contribution in [0.1, 0.15) is 12.2 Å². The number of aliphatic carboxylic acids is 1. The monoisotopic (exact) mass is 299 g/mol. The Labute approximate surface area is 118 Å². The van der Waals surface area contributed by atoms with Crippen LogP contribution in [0.4, 0.5) is 0 Å². The minimum Gasteiger partial charge on any atom is -0.480 e. The number of carboxylic acids is 1. The highest BCUT2D eigenvalue weighted by molar-refractivity contribution is 7.98. The maximum absolute atomic E-state index is 10.5. The fourth-order valence-corrected chi connectivity index (χ4v) is 2.82. The Kier molecular flexibility index (Phi) is 4.94. The molecule has 0 amide bonds. The summed E-state index contributed by atoms with van der Waals surface area (Å²) in [5.41, 5.74) is 5.40. The number of aromatic nitrogens is 2. The minimum absolute atomic E-state index is 0.426. The molecule has 8 heteroatoms. The molecule has 2 rings (SSSR count). The van der Waals surface area contributed by atoms with Gasteiger partial charge in [-0.2, -0.15) is 16.7 Å². The molecule has 0 aliphatic carbocycles. The van der Waals surface area contributed by atoms with Crippen LogP contribution in [0.25, 0.3) is 10.8 Å². The Morgan fingerprint density at radius 1 is 1.63 bits per heavy atom. The molecule has 0 aromatic carbocycles. The third-order valence-corrected chi connectivity index (χ3v) is 4.17. The second-order valence-corrected chi connectivity index (χ2v) is 5.83. The molecule has 102 valence electrons. The lowest BCUT2D eigenvalue weighted by molar-refractivity contribution is -0.138. The number of hydrogen-bond acceptors (Lipinski definition) is 7. The van der Waals surface area contributed by atoms with Crippen molar-refractivity contribution in [3.05, 3.63) is 23.3 Å². The number of hydrogen-bond donors (Lipinski definition) is 2. The maximum Gasteiger partial charge on any atom is 0.320 e. The van der Waals surface area contributed by atoms with Gasteiger partial charge in [-0.25, -0.2) is 0 Å². The van der Waals surface area contributed by atoms with Gasteiger partial charge < -0.3 is 15.4 Å². The van der Waals surface area contributed by atoms with Gasteiger partial charge >= 0.3 is 5.97 Å². The van der Waals surface area contributed by atoms with Crippen LogP contribution < -0.4 is 5.73 Å². The number of nitrogens with two attached hydrogens (primary N) is 1. The van der Waals surface area contributed by atoms with E-state index in [1.807, 2.05) is 17.5 Å². The molecule has 2 aromatic rings. The first-order valence-electron chi connectivity index (χ1n) is 5.59. The topological polar surface area (TPSA) is 102 Å². The molecule has 0 aliphatic rings. The molecule has 6 nitrogen and oxygen atoms in total. The predicted molar refractivity (Wildman–Crippen MR) is 74.0 cm³/mol. The van der Waals surface area contributed by atoms with Crippen LogP contribution in [0.5, 0.6) is 0 Å². The Bertz CT molecular complexity index is 527. The van der Waals surface area contributed by atoms with Crippen molar-refractivity contribution >= 4 is 29.1 Å². The van der Waals surface area contributed by atoms with Crippen molar-refractivity contribution in [1.82, 2.24) is 10.1 Å². The molecule has 0 spiro atoms. The summed E-state index contributed by atoms with van der Waals surface area (Å²) in [5.74, 6) is 1.39. The van der Waals surface area contributed by atoms with Gasteiger partial charge in [-0.3, -0.25) is 4.79 Å². The van der Waals surface area contributed by atoms with Crippen molar-refractivity contribution in [2.75, 3.05) is 5.75 Å². The fourth-order valence-electron chi connectivity index (χ4n) is 1.31. The summed E-state index contributed by atoms with van der Waals surface area (Å²) in [6.45, 7) is 0. The molecule has 0 fully saturated rings. The van der Waals surface area contributed by atoms with E-state index in [0.29, 0.717) is 29.6 Å². The fraction of sp³-hybridized carbons (Fsp3) is 0.364. The summed E-state index contributed by atoms with van der Waals surface area (Å²) in [6.07, 6.45) is 0.426. The van der Waals surface area contributed by atoms with Gasteiger partial charge in [0.2, 0.25) is 0 Å². The highest BCUT2D eigenvalue weighted by atomic mass is 32.2. The van der Waals surface area contributed by atoms with E-state index >= 15 is 0 Å². The molecular weight excluding hydrogens is 286 g/mol. The smallest absolute Gasteiger partial charge is 0.320 e. The van der Waals surface area contributed by atoms with Crippen LogP contribution in [0.2, 0.25) is 0 Å². The predicted octanol–water partition coefficient (Wildman–Crippen LogP) is 1.83. The normalized spacial score (nSPS) is 12.5. The summed E-state index contributed by atoms with van der Waals surface area (Å²) >= 11 is 3.08. The molecule has 0 aliphatic heterocycles. The summed E-state index contributed by atoms with van der Waals surface area (Å²) in [4.78, 5) is 15.7. The second kappa shape index (κ2) is 6.69. The Balaban J connectivity index is 1.77. The lowest BCUT2D eigenvalue weighted by Gasteiger charge is -2.04. The van der Waals surface area contributed by atoms with Crippen molar-refractivity contribution in [3.63, 3.8) is 0 Å². The van der Waals surface area contributed by atoms with Crippen LogP contribution in [-0.2, 0) is 10.5 Å². The molecule has 3 N–H and O–H groups in total. The van der Waals surface area contributed by atoms with E-state index in [4.69, 9.17) is 15.4 Å². The number of carbonyl (C=O) groups is 1. The minimum atomic E-state index is -0.972. The van der Waals surface area contributed by atoms with E-state index < -0.39 is 12.0 Å². The highest BCUT2D eigenvalue weighted by Gasteiger charge is 2.12. The average molecular weight is 299 g/mol. The summed E-state index contributed by atoms with van der Waals surface area (Å²) in [6, 6.07) is 3.03. The van der Waals surface area contributed by atoms with Crippen molar-refractivity contribution in [3.8, 4) is 10.8 Å². The van der Waals surface area contributed by atoms with Gasteiger partial charge in [-0.05, 0) is 23.6 Å². The maximum atomic E-state index is 10.5. The molecule has 2 aromatic heterocycles. The Morgan fingerprint density at radius 3 is 3.16 bits per heavy atom. The number of thiophene rings is 1. The number of thioether (sulfide) groups is 1. The SMILES string of the molecule is NC(CCSCc1noc(-c2cccs2)n1)C(=O)O. The third-order valence-electron chi connectivity index (χ3n) is 2.32. The van der Waals surface area contributed by atoms with Gasteiger partial charge in [0.05, 0.1) is 10.6 Å². The van der Waals surface area contributed by atoms with Crippen LogP contribution in [-0.4, -0.2) is 33.0 Å². The summed E-state index contributed by atoms with van der Waals surface area (Å²) < 4.78 is 5.14. The van der Waals surface area contributed by atoms with E-state index in [0.717, 1.165) is 4.88 Å². The molecule has 0 radical (unpaired) electrons. The first kappa shape index (κ1) is 14.0. The molecule has 1 atom stereocenters. The van der Waals surface area contributed by atoms with E-state index in [9.17, 15) is 4.79 Å². The van der Waals surface area contributed by atoms with E-state index in [-0.39, 0.29) is 0 Å². The van der Waals surface area contributed by atoms with Crippen molar-refractivity contribution in [1.29, 1.82) is 0 Å². The molecule has 0 saturated carbocycles. The van der Waals surface area contributed by atoms with E-state index in [1.165, 1.54) is 23.1 Å². The zero-order valence-electron chi connectivity index (χ0n) is 9.98. The van der Waals surface area contributed by atoms with Crippen LogP contribution in [0.3, 0.4) is 0 Å². The van der Waals surface area contributed by atoms with Gasteiger partial charge in [-0.15, -0.1) is 11.3 Å². The number of rotatable bonds is 7. The number of carboxylic acid groups (broad SMARTS) is 1. The molecule has 1 unspecified atom stereocenters. The van der Waals surface area contributed by atoms with Crippen LogP contribution in [0, 0.1) is 0 Å².